The Bertz CT molecular complexity index is 5420. The van der Waals surface area contributed by atoms with E-state index in [-0.39, 0.29) is 41.0 Å². The minimum atomic E-state index is -0.410. The van der Waals surface area contributed by atoms with Crippen LogP contribution >= 0.6 is 0 Å². The number of ether oxygens (including phenoxy) is 7. The molecule has 0 saturated carbocycles. The zero-order chi connectivity index (χ0) is 85.5. The van der Waals surface area contributed by atoms with Crippen molar-refractivity contribution in [3.05, 3.63) is 341 Å². The van der Waals surface area contributed by atoms with E-state index in [2.05, 4.69) is 60.7 Å². The number of para-hydroxylation sites is 3. The van der Waals surface area contributed by atoms with Gasteiger partial charge in [0.25, 0.3) is 29.5 Å². The van der Waals surface area contributed by atoms with E-state index in [1.165, 1.54) is 44.2 Å². The number of benzene rings is 11. The number of carbonyl (C=O) groups is 8. The second kappa shape index (κ2) is 47.3. The molecular weight excluding hydrogens is 1530 g/mol. The summed E-state index contributed by atoms with van der Waals surface area (Å²) in [6, 6.07) is 81.3. The summed E-state index contributed by atoms with van der Waals surface area (Å²) in [6.45, 7) is 4.76. The molecule has 0 atom stereocenters. The summed E-state index contributed by atoms with van der Waals surface area (Å²) in [5.41, 5.74) is 8.93. The number of ketones is 3. The molecular formula is C99H101N7O15. The molecule has 13 rings (SSSR count). The van der Waals surface area contributed by atoms with Gasteiger partial charge >= 0.3 is 0 Å². The highest BCUT2D eigenvalue weighted by Gasteiger charge is 2.24. The van der Waals surface area contributed by atoms with Crippen molar-refractivity contribution in [3.63, 3.8) is 0 Å². The fraction of sp³-hybridized carbons (Fsp3) is 0.222. The van der Waals surface area contributed by atoms with Crippen molar-refractivity contribution >= 4 is 80.4 Å². The topological polar surface area (TPSA) is 277 Å². The van der Waals surface area contributed by atoms with E-state index in [0.717, 1.165) is 82.1 Å². The zero-order valence-electron chi connectivity index (χ0n) is 68.9. The Morgan fingerprint density at radius 2 is 0.793 bits per heavy atom. The molecule has 1 aliphatic rings. The van der Waals surface area contributed by atoms with Gasteiger partial charge in [-0.05, 0) is 194 Å². The number of methoxy groups -OCH3 is 6. The third-order valence-corrected chi connectivity index (χ3v) is 19.9. The van der Waals surface area contributed by atoms with Crippen LogP contribution in [0.1, 0.15) is 145 Å². The SMILES string of the molecule is COc1ccc(C(=O)Nc2c(OC)cccc2C(=O)CCCc2ccccc2)c(OC)c1.COc1ccc(C(=O)Nc2c(OC)cccc2C(=O)CCCc2ccccc2)cc1.COc1ccc(C(=O)Nc2cnccc2C(=O)CCCN2CCOCC2)cc1.O=C(Nc1ccccc1C(=O)NCCCc1ccccc1)c1ccc2ccccc2c1. The number of aromatic nitrogens is 1. The first-order valence-corrected chi connectivity index (χ1v) is 40.0. The second-order valence-corrected chi connectivity index (χ2v) is 28.0. The van der Waals surface area contributed by atoms with Gasteiger partial charge in [0.05, 0.1) is 95.9 Å². The summed E-state index contributed by atoms with van der Waals surface area (Å²) in [4.78, 5) is 109. The van der Waals surface area contributed by atoms with E-state index in [4.69, 9.17) is 33.2 Å². The van der Waals surface area contributed by atoms with E-state index < -0.39 is 5.91 Å². The third kappa shape index (κ3) is 27.0. The summed E-state index contributed by atoms with van der Waals surface area (Å²) in [5, 5.41) is 16.4. The molecule has 1 saturated heterocycles. The normalized spacial score (nSPS) is 11.4. The summed E-state index contributed by atoms with van der Waals surface area (Å²) < 4.78 is 36.9. The van der Waals surface area contributed by atoms with E-state index in [1.54, 1.807) is 161 Å². The number of Topliss-reactive ketones (excluding diaryl/α,β-unsaturated/α-hetero) is 3. The molecule has 0 bridgehead atoms. The molecule has 0 radical (unpaired) electrons. The van der Waals surface area contributed by atoms with Gasteiger partial charge in [-0.2, -0.15) is 0 Å². The fourth-order valence-electron chi connectivity index (χ4n) is 13.3. The van der Waals surface area contributed by atoms with Crippen LogP contribution in [0.25, 0.3) is 10.8 Å². The molecule has 5 N–H and O–H groups in total. The van der Waals surface area contributed by atoms with Crippen molar-refractivity contribution in [2.45, 2.75) is 64.2 Å². The van der Waals surface area contributed by atoms with Gasteiger partial charge in [0.1, 0.15) is 34.5 Å². The van der Waals surface area contributed by atoms with Gasteiger partial charge in [-0.25, -0.2) is 0 Å². The quantitative estimate of drug-likeness (QED) is 0.0185. The number of nitrogens with one attached hydrogen (secondary N) is 5. The van der Waals surface area contributed by atoms with Crippen molar-refractivity contribution < 1.29 is 71.5 Å². The Kier molecular flexibility index (Phi) is 34.9. The Morgan fingerprint density at radius 1 is 0.347 bits per heavy atom. The second-order valence-electron chi connectivity index (χ2n) is 28.0. The number of anilines is 4. The molecule has 22 heteroatoms. The lowest BCUT2D eigenvalue weighted by Gasteiger charge is -2.26. The average Bonchev–Trinajstić information content (AvgIpc) is 0.803. The van der Waals surface area contributed by atoms with Gasteiger partial charge in [-0.3, -0.25) is 48.2 Å². The minimum absolute atomic E-state index is 0.000639. The zero-order valence-corrected chi connectivity index (χ0v) is 68.9. The van der Waals surface area contributed by atoms with E-state index in [1.807, 2.05) is 109 Å². The number of nitrogens with zero attached hydrogens (tertiary/aromatic N) is 2. The maximum absolute atomic E-state index is 13.0. The Morgan fingerprint density at radius 3 is 1.34 bits per heavy atom. The first kappa shape index (κ1) is 89.3. The molecule has 2 heterocycles. The first-order valence-electron chi connectivity index (χ1n) is 40.0. The van der Waals surface area contributed by atoms with Crippen molar-refractivity contribution in [2.24, 2.45) is 0 Å². The number of carbonyl (C=O) groups excluding carboxylic acids is 8. The predicted octanol–water partition coefficient (Wildman–Crippen LogP) is 18.4. The van der Waals surface area contributed by atoms with Crippen molar-refractivity contribution in [2.75, 3.05) is 103 Å². The number of amides is 5. The monoisotopic (exact) mass is 1630 g/mol. The van der Waals surface area contributed by atoms with Crippen LogP contribution in [-0.4, -0.2) is 139 Å². The standard InChI is InChI=1S/C27H24N2O2.C26H27NO5.C25H25NO4.C21H25N3O4/c30-26(23-17-16-21-12-4-5-13-22(21)19-23)29-25-15-7-6-14-24(25)27(31)28-18-8-11-20-9-2-1-3-10-20;1-30-19-15-16-21(24(17-19)32-3)26(29)27-25-20(12-8-14-23(25)31-2)22(28)13-7-11-18-9-5-4-6-10-18;1-29-20-16-14-19(15-17-20)25(28)26-24-21(11-7-13-23(24)30-2)22(27)12-6-10-18-8-4-3-5-9-18;1-27-17-6-4-16(5-7-17)21(26)23-19-15-22-9-8-18(19)20(25)3-2-10-24-11-13-28-14-12-24/h1-7,9-10,12-17,19H,8,11,18H2,(H,28,31)(H,29,30);4-6,8-10,12,14-17H,7,11,13H2,1-3H3,(H,27,29);3-5,7-9,11,13-17H,6,10,12H2,1-2H3,(H,26,28);4-9,15H,2-3,10-14H2,1H3,(H,23,26). The average molecular weight is 1630 g/mol. The number of aryl methyl sites for hydroxylation is 3. The lowest BCUT2D eigenvalue weighted by atomic mass is 10.0. The van der Waals surface area contributed by atoms with Crippen LogP contribution in [0.5, 0.6) is 34.5 Å². The van der Waals surface area contributed by atoms with Crippen LogP contribution in [0.3, 0.4) is 0 Å². The highest BCUT2D eigenvalue weighted by Crippen LogP contribution is 2.34. The highest BCUT2D eigenvalue weighted by atomic mass is 16.5. The number of hydrogen-bond donors (Lipinski definition) is 5. The molecule has 12 aromatic rings. The van der Waals surface area contributed by atoms with Gasteiger partial charge in [-0.1, -0.05) is 146 Å². The predicted molar refractivity (Wildman–Crippen MR) is 473 cm³/mol. The molecule has 5 amide bonds. The van der Waals surface area contributed by atoms with Crippen LogP contribution in [0.2, 0.25) is 0 Å². The minimum Gasteiger partial charge on any atom is -0.497 e. The van der Waals surface area contributed by atoms with Crippen molar-refractivity contribution in [1.82, 2.24) is 15.2 Å². The van der Waals surface area contributed by atoms with Crippen LogP contribution in [0.4, 0.5) is 22.7 Å². The van der Waals surface area contributed by atoms with E-state index >= 15 is 0 Å². The highest BCUT2D eigenvalue weighted by molar-refractivity contribution is 6.14. The summed E-state index contributed by atoms with van der Waals surface area (Å²) in [7, 11) is 9.18. The molecule has 11 aromatic carbocycles. The molecule has 121 heavy (non-hydrogen) atoms. The van der Waals surface area contributed by atoms with Gasteiger partial charge in [0, 0.05) is 84.5 Å². The van der Waals surface area contributed by atoms with E-state index in [9.17, 15) is 38.4 Å². The largest absolute Gasteiger partial charge is 0.497 e. The lowest BCUT2D eigenvalue weighted by molar-refractivity contribution is 0.0371. The van der Waals surface area contributed by atoms with E-state index in [0.29, 0.717) is 134 Å². The number of rotatable bonds is 34. The number of hydrogen-bond acceptors (Lipinski definition) is 17. The Balaban J connectivity index is 0.000000169. The van der Waals surface area contributed by atoms with Crippen molar-refractivity contribution in [3.8, 4) is 34.5 Å². The van der Waals surface area contributed by atoms with Crippen LogP contribution in [0.15, 0.2) is 279 Å². The van der Waals surface area contributed by atoms with Gasteiger partial charge in [0.15, 0.2) is 17.3 Å². The molecule has 0 unspecified atom stereocenters. The van der Waals surface area contributed by atoms with Gasteiger partial charge in [-0.15, -0.1) is 0 Å². The Labute approximate surface area is 705 Å². The molecule has 1 fully saturated rings. The summed E-state index contributed by atoms with van der Waals surface area (Å²) >= 11 is 0. The maximum Gasteiger partial charge on any atom is 0.259 e. The maximum atomic E-state index is 13.0. The molecule has 1 aromatic heterocycles. The summed E-state index contributed by atoms with van der Waals surface area (Å²) in [5.74, 6) is 1.60. The first-order chi connectivity index (χ1) is 59.1. The molecule has 622 valence electrons. The third-order valence-electron chi connectivity index (χ3n) is 19.9. The van der Waals surface area contributed by atoms with Crippen molar-refractivity contribution in [1.29, 1.82) is 0 Å². The van der Waals surface area contributed by atoms with Gasteiger partial charge in [0.2, 0.25) is 0 Å². The number of morpholine rings is 1. The smallest absolute Gasteiger partial charge is 0.259 e. The fourth-order valence-corrected chi connectivity index (χ4v) is 13.3. The number of fused-ring (bicyclic) bond motifs is 1. The molecule has 1 aliphatic heterocycles. The lowest BCUT2D eigenvalue weighted by Crippen LogP contribution is -2.36. The molecule has 0 spiro atoms. The van der Waals surface area contributed by atoms with Crippen LogP contribution in [0, 0.1) is 0 Å². The van der Waals surface area contributed by atoms with Crippen LogP contribution < -0.4 is 55.0 Å². The summed E-state index contributed by atoms with van der Waals surface area (Å²) in [6.07, 6.45) is 9.83. The van der Waals surface area contributed by atoms with Gasteiger partial charge < -0.3 is 59.7 Å². The van der Waals surface area contributed by atoms with Crippen LogP contribution in [-0.2, 0) is 24.0 Å². The molecule has 0 aliphatic carbocycles. The number of pyridine rings is 1. The Hall–Kier alpha value is -14.1. The molecule has 22 nitrogen and oxygen atoms in total.